The molecule has 16 heavy (non-hydrogen) atoms. The maximum Gasteiger partial charge on any atom is 0.0206 e. The van der Waals surface area contributed by atoms with Crippen molar-refractivity contribution in [1.82, 2.24) is 0 Å². The number of thioether (sulfide) groups is 1. The summed E-state index contributed by atoms with van der Waals surface area (Å²) in [4.78, 5) is 0. The van der Waals surface area contributed by atoms with Gasteiger partial charge in [0, 0.05) is 9.49 Å². The summed E-state index contributed by atoms with van der Waals surface area (Å²) in [6, 6.07) is 0. The molecule has 3 rings (SSSR count). The number of unbranched alkanes of at least 4 members (excludes halogenated alkanes) is 1. The summed E-state index contributed by atoms with van der Waals surface area (Å²) >= 11 is 2.36. The highest BCUT2D eigenvalue weighted by Gasteiger charge is 2.57. The van der Waals surface area contributed by atoms with Gasteiger partial charge in [0.1, 0.15) is 0 Å². The molecule has 1 saturated carbocycles. The Morgan fingerprint density at radius 2 is 1.88 bits per heavy atom. The average Bonchev–Trinajstić information content (AvgIpc) is 2.22. The minimum absolute atomic E-state index is 0.677. The first kappa shape index (κ1) is 12.8. The van der Waals surface area contributed by atoms with Crippen LogP contribution in [0.25, 0.3) is 0 Å². The fraction of sp³-hybridized carbons (Fsp3) is 1.00. The Hall–Kier alpha value is 0.350. The molecule has 0 radical (unpaired) electrons. The fourth-order valence-corrected chi connectivity index (χ4v) is 6.41. The van der Waals surface area contributed by atoms with Crippen molar-refractivity contribution in [3.05, 3.63) is 0 Å². The third-order valence-electron chi connectivity index (χ3n) is 4.72. The molecule has 0 N–H and O–H groups in total. The average molecular weight is 240 g/mol. The summed E-state index contributed by atoms with van der Waals surface area (Å²) in [5.41, 5.74) is 0. The van der Waals surface area contributed by atoms with E-state index >= 15 is 0 Å². The normalized spacial score (nSPS) is 39.2. The van der Waals surface area contributed by atoms with Crippen LogP contribution >= 0.6 is 11.8 Å². The molecule has 3 unspecified atom stereocenters. The van der Waals surface area contributed by atoms with Crippen molar-refractivity contribution in [2.45, 2.75) is 88.1 Å². The second-order valence-electron chi connectivity index (χ2n) is 6.27. The molecule has 3 fully saturated rings. The lowest BCUT2D eigenvalue weighted by atomic mass is 9.70. The summed E-state index contributed by atoms with van der Waals surface area (Å²) in [6.45, 7) is 7.19. The second kappa shape index (κ2) is 4.92. The van der Waals surface area contributed by atoms with Crippen LogP contribution in [0.5, 0.6) is 0 Å². The van der Waals surface area contributed by atoms with Crippen LogP contribution in [0, 0.1) is 5.92 Å². The first-order valence-electron chi connectivity index (χ1n) is 7.34. The molecule has 3 atom stereocenters. The Bertz CT molecular complexity index is 228. The molecule has 2 bridgehead atoms. The van der Waals surface area contributed by atoms with Crippen LogP contribution in [0.2, 0.25) is 0 Å². The van der Waals surface area contributed by atoms with Crippen LogP contribution in [0.1, 0.15) is 78.6 Å². The Morgan fingerprint density at radius 1 is 1.12 bits per heavy atom. The van der Waals surface area contributed by atoms with E-state index in [4.69, 9.17) is 0 Å². The lowest BCUT2D eigenvalue weighted by Gasteiger charge is -2.62. The van der Waals surface area contributed by atoms with Gasteiger partial charge in [-0.25, -0.2) is 0 Å². The fourth-order valence-electron chi connectivity index (χ4n) is 4.06. The van der Waals surface area contributed by atoms with Gasteiger partial charge in [0.15, 0.2) is 0 Å². The third kappa shape index (κ3) is 2.30. The van der Waals surface area contributed by atoms with E-state index in [9.17, 15) is 0 Å². The van der Waals surface area contributed by atoms with Crippen molar-refractivity contribution in [2.75, 3.05) is 0 Å². The minimum Gasteiger partial charge on any atom is -0.148 e. The van der Waals surface area contributed by atoms with Gasteiger partial charge in [0.05, 0.1) is 0 Å². The van der Waals surface area contributed by atoms with E-state index in [1.807, 2.05) is 0 Å². The van der Waals surface area contributed by atoms with Crippen LogP contribution < -0.4 is 0 Å². The molecule has 1 heteroatoms. The predicted octanol–water partition coefficient (Wildman–Crippen LogP) is 5.41. The summed E-state index contributed by atoms with van der Waals surface area (Å²) in [6.07, 6.45) is 13.2. The van der Waals surface area contributed by atoms with Crippen molar-refractivity contribution in [1.29, 1.82) is 0 Å². The molecule has 0 aromatic heterocycles. The molecule has 2 saturated heterocycles. The Kier molecular flexibility index (Phi) is 3.93. The van der Waals surface area contributed by atoms with E-state index in [-0.39, 0.29) is 0 Å². The van der Waals surface area contributed by atoms with Crippen LogP contribution in [0.4, 0.5) is 0 Å². The van der Waals surface area contributed by atoms with Gasteiger partial charge in [-0.15, -0.1) is 11.8 Å². The van der Waals surface area contributed by atoms with Crippen molar-refractivity contribution in [2.24, 2.45) is 5.92 Å². The monoisotopic (exact) mass is 240 g/mol. The van der Waals surface area contributed by atoms with Crippen molar-refractivity contribution in [3.8, 4) is 0 Å². The summed E-state index contributed by atoms with van der Waals surface area (Å²) in [7, 11) is 0. The van der Waals surface area contributed by atoms with Crippen molar-refractivity contribution >= 4 is 11.8 Å². The quantitative estimate of drug-likeness (QED) is 0.598. The Morgan fingerprint density at radius 3 is 2.44 bits per heavy atom. The van der Waals surface area contributed by atoms with Crippen LogP contribution in [0.3, 0.4) is 0 Å². The summed E-state index contributed by atoms with van der Waals surface area (Å²) in [5, 5.41) is 0. The highest BCUT2D eigenvalue weighted by atomic mass is 32.2. The maximum absolute atomic E-state index is 2.50. The molecular formula is C15H28S. The predicted molar refractivity (Wildman–Crippen MR) is 75.1 cm³/mol. The zero-order chi connectivity index (χ0) is 11.6. The molecule has 0 aromatic carbocycles. The van der Waals surface area contributed by atoms with Crippen LogP contribution in [0.15, 0.2) is 0 Å². The Balaban J connectivity index is 1.97. The highest BCUT2D eigenvalue weighted by molar-refractivity contribution is 8.03. The molecule has 1 aliphatic carbocycles. The second-order valence-corrected chi connectivity index (χ2v) is 8.28. The number of fused-ring (bicyclic) bond motifs is 2. The van der Waals surface area contributed by atoms with Crippen molar-refractivity contribution in [3.63, 3.8) is 0 Å². The van der Waals surface area contributed by atoms with Gasteiger partial charge in [-0.05, 0) is 38.0 Å². The van der Waals surface area contributed by atoms with Crippen molar-refractivity contribution < 1.29 is 0 Å². The van der Waals surface area contributed by atoms with Gasteiger partial charge in [-0.1, -0.05) is 46.5 Å². The van der Waals surface area contributed by atoms with E-state index in [1.54, 1.807) is 0 Å². The molecule has 3 aliphatic rings. The molecular weight excluding hydrogens is 212 g/mol. The SMILES string of the molecule is CCCCC(CCC)C12CCCC(C)(C1)S2. The molecule has 2 heterocycles. The minimum atomic E-state index is 0.677. The van der Waals surface area contributed by atoms with Crippen LogP contribution in [-0.4, -0.2) is 9.49 Å². The number of hydrogen-bond donors (Lipinski definition) is 0. The summed E-state index contributed by atoms with van der Waals surface area (Å²) in [5.74, 6) is 1.02. The lowest BCUT2D eigenvalue weighted by Crippen LogP contribution is -2.56. The number of rotatable bonds is 6. The topological polar surface area (TPSA) is 0 Å². The molecule has 0 spiro atoms. The van der Waals surface area contributed by atoms with Gasteiger partial charge >= 0.3 is 0 Å². The zero-order valence-corrected chi connectivity index (χ0v) is 12.2. The first-order chi connectivity index (χ1) is 7.64. The summed E-state index contributed by atoms with van der Waals surface area (Å²) < 4.78 is 1.40. The standard InChI is InChI=1S/C15H28S/c1-4-6-9-13(8-5-2)15-11-7-10-14(3,12-15)16-15/h13H,4-12H2,1-3H3. The van der Waals surface area contributed by atoms with Gasteiger partial charge in [-0.3, -0.25) is 0 Å². The lowest BCUT2D eigenvalue weighted by molar-refractivity contribution is 0.195. The molecule has 0 amide bonds. The van der Waals surface area contributed by atoms with E-state index in [1.165, 1.54) is 57.8 Å². The van der Waals surface area contributed by atoms with E-state index in [0.717, 1.165) is 10.7 Å². The van der Waals surface area contributed by atoms with E-state index < -0.39 is 0 Å². The van der Waals surface area contributed by atoms with Gasteiger partial charge in [-0.2, -0.15) is 0 Å². The molecule has 94 valence electrons. The zero-order valence-electron chi connectivity index (χ0n) is 11.3. The third-order valence-corrected chi connectivity index (χ3v) is 6.65. The van der Waals surface area contributed by atoms with E-state index in [0.29, 0.717) is 4.75 Å². The number of hydrogen-bond acceptors (Lipinski definition) is 1. The first-order valence-corrected chi connectivity index (χ1v) is 8.16. The molecule has 0 nitrogen and oxygen atoms in total. The smallest absolute Gasteiger partial charge is 0.0206 e. The van der Waals surface area contributed by atoms with Crippen LogP contribution in [-0.2, 0) is 0 Å². The molecule has 2 aliphatic heterocycles. The van der Waals surface area contributed by atoms with Gasteiger partial charge in [0.25, 0.3) is 0 Å². The van der Waals surface area contributed by atoms with Gasteiger partial charge < -0.3 is 0 Å². The Labute approximate surface area is 106 Å². The van der Waals surface area contributed by atoms with Gasteiger partial charge in [0.2, 0.25) is 0 Å². The highest BCUT2D eigenvalue weighted by Crippen LogP contribution is 2.67. The molecule has 0 aromatic rings. The largest absolute Gasteiger partial charge is 0.148 e. The maximum atomic E-state index is 2.50. The van der Waals surface area contributed by atoms with E-state index in [2.05, 4.69) is 32.5 Å².